The molecule has 11 heteroatoms. The zero-order valence-corrected chi connectivity index (χ0v) is 21.3. The fraction of sp³-hybridized carbons (Fsp3) is 0.500. The van der Waals surface area contributed by atoms with Crippen molar-refractivity contribution in [3.05, 3.63) is 40.1 Å². The molecule has 3 fully saturated rings. The van der Waals surface area contributed by atoms with Gasteiger partial charge in [0.1, 0.15) is 5.69 Å². The van der Waals surface area contributed by atoms with E-state index in [0.29, 0.717) is 35.0 Å². The van der Waals surface area contributed by atoms with Crippen LogP contribution in [-0.4, -0.2) is 55.0 Å². The molecule has 4 aromatic rings. The van der Waals surface area contributed by atoms with Gasteiger partial charge in [-0.3, -0.25) is 14.5 Å². The summed E-state index contributed by atoms with van der Waals surface area (Å²) in [5.74, 6) is 1.93. The maximum absolute atomic E-state index is 11.7. The molecule has 4 aromatic heterocycles. The minimum Gasteiger partial charge on any atom is -0.374 e. The van der Waals surface area contributed by atoms with Crippen LogP contribution in [0.4, 0.5) is 5.95 Å². The predicted octanol–water partition coefficient (Wildman–Crippen LogP) is 4.29. The summed E-state index contributed by atoms with van der Waals surface area (Å²) in [5.41, 5.74) is 3.68. The van der Waals surface area contributed by atoms with Crippen LogP contribution < -0.4 is 10.7 Å². The molecule has 192 valence electrons. The third-order valence-corrected chi connectivity index (χ3v) is 8.17. The van der Waals surface area contributed by atoms with E-state index in [1.54, 1.807) is 12.4 Å². The van der Waals surface area contributed by atoms with Crippen molar-refractivity contribution in [2.45, 2.75) is 57.7 Å². The molecule has 2 saturated carbocycles. The third kappa shape index (κ3) is 4.21. The Hall–Kier alpha value is -3.24. The number of ether oxygens (including phenoxy) is 1. The van der Waals surface area contributed by atoms with Gasteiger partial charge in [0.2, 0.25) is 11.8 Å². The number of H-pyrrole nitrogens is 1. The molecule has 37 heavy (non-hydrogen) atoms. The molecule has 2 aliphatic carbocycles. The maximum atomic E-state index is 11.7. The highest BCUT2D eigenvalue weighted by Crippen LogP contribution is 2.41. The van der Waals surface area contributed by atoms with E-state index in [0.717, 1.165) is 48.0 Å². The number of aromatic nitrogens is 6. The Morgan fingerprint density at radius 2 is 2.03 bits per heavy atom. The van der Waals surface area contributed by atoms with Crippen LogP contribution in [0.3, 0.4) is 0 Å². The molecule has 0 bridgehead atoms. The Morgan fingerprint density at radius 1 is 1.16 bits per heavy atom. The highest BCUT2D eigenvalue weighted by molar-refractivity contribution is 6.30. The standard InChI is InChI=1S/C26H28ClN7O3/c1-14-2-4-15(5-3-14)13-34-23-18(30-25(34)33-6-7-36-21-10-20(21)33)9-19(24-31-26(35)37-32-24)29-22(23)16-8-17(27)12-28-11-16/h8-9,11-12,14-15,20-21H,2-7,10,13H2,1H3,(H,31,32,35). The minimum atomic E-state index is -0.631. The van der Waals surface area contributed by atoms with E-state index in [4.69, 9.17) is 30.8 Å². The highest BCUT2D eigenvalue weighted by Gasteiger charge is 2.47. The Labute approximate surface area is 218 Å². The lowest BCUT2D eigenvalue weighted by atomic mass is 9.83. The van der Waals surface area contributed by atoms with E-state index in [1.807, 2.05) is 12.1 Å². The maximum Gasteiger partial charge on any atom is 0.439 e. The summed E-state index contributed by atoms with van der Waals surface area (Å²) >= 11 is 6.36. The molecular weight excluding hydrogens is 494 g/mol. The van der Waals surface area contributed by atoms with Gasteiger partial charge in [-0.15, -0.1) is 0 Å². The average Bonchev–Trinajstić information content (AvgIpc) is 3.44. The summed E-state index contributed by atoms with van der Waals surface area (Å²) < 4.78 is 13.0. The van der Waals surface area contributed by atoms with Crippen LogP contribution in [0.5, 0.6) is 0 Å². The first-order valence-corrected chi connectivity index (χ1v) is 13.4. The number of hydrogen-bond donors (Lipinski definition) is 1. The number of nitrogens with zero attached hydrogens (tertiary/aromatic N) is 6. The quantitative estimate of drug-likeness (QED) is 0.413. The van der Waals surface area contributed by atoms with Gasteiger partial charge in [-0.1, -0.05) is 36.5 Å². The number of imidazole rings is 1. The monoisotopic (exact) mass is 521 g/mol. The van der Waals surface area contributed by atoms with Crippen LogP contribution >= 0.6 is 11.6 Å². The number of halogens is 1. The van der Waals surface area contributed by atoms with E-state index >= 15 is 0 Å². The van der Waals surface area contributed by atoms with Crippen molar-refractivity contribution in [2.75, 3.05) is 18.1 Å². The second-order valence-electron chi connectivity index (χ2n) is 10.6. The summed E-state index contributed by atoms with van der Waals surface area (Å²) in [6.07, 6.45) is 9.58. The number of aromatic amines is 1. The highest BCUT2D eigenvalue weighted by atomic mass is 35.5. The second-order valence-corrected chi connectivity index (χ2v) is 11.0. The minimum absolute atomic E-state index is 0.258. The van der Waals surface area contributed by atoms with Gasteiger partial charge >= 0.3 is 5.76 Å². The lowest BCUT2D eigenvalue weighted by molar-refractivity contribution is 0.102. The fourth-order valence-corrected chi connectivity index (χ4v) is 6.07. The van der Waals surface area contributed by atoms with E-state index in [1.165, 1.54) is 25.7 Å². The zero-order valence-electron chi connectivity index (χ0n) is 20.6. The number of hydrogen-bond acceptors (Lipinski definition) is 8. The van der Waals surface area contributed by atoms with Gasteiger partial charge in [0.05, 0.1) is 40.5 Å². The third-order valence-electron chi connectivity index (χ3n) is 7.96. The van der Waals surface area contributed by atoms with Gasteiger partial charge < -0.3 is 14.2 Å². The molecule has 0 amide bonds. The number of pyridine rings is 2. The van der Waals surface area contributed by atoms with Crippen molar-refractivity contribution in [3.63, 3.8) is 0 Å². The molecule has 1 saturated heterocycles. The van der Waals surface area contributed by atoms with Gasteiger partial charge in [0.25, 0.3) is 0 Å². The summed E-state index contributed by atoms with van der Waals surface area (Å²) in [6, 6.07) is 4.08. The van der Waals surface area contributed by atoms with Gasteiger partial charge in [-0.05, 0) is 43.2 Å². The number of anilines is 1. The smallest absolute Gasteiger partial charge is 0.374 e. The summed E-state index contributed by atoms with van der Waals surface area (Å²) in [6.45, 7) is 4.71. The first kappa shape index (κ1) is 22.9. The number of rotatable bonds is 5. The van der Waals surface area contributed by atoms with Crippen LogP contribution in [-0.2, 0) is 11.3 Å². The van der Waals surface area contributed by atoms with Crippen LogP contribution in [0.15, 0.2) is 33.8 Å². The fourth-order valence-electron chi connectivity index (χ4n) is 5.89. The van der Waals surface area contributed by atoms with Crippen molar-refractivity contribution in [1.29, 1.82) is 0 Å². The van der Waals surface area contributed by atoms with Gasteiger partial charge in [0, 0.05) is 31.0 Å². The predicted molar refractivity (Wildman–Crippen MR) is 138 cm³/mol. The first-order chi connectivity index (χ1) is 18.0. The molecule has 0 radical (unpaired) electrons. The Balaban J connectivity index is 1.44. The first-order valence-electron chi connectivity index (χ1n) is 13.0. The molecule has 2 unspecified atom stereocenters. The lowest BCUT2D eigenvalue weighted by Gasteiger charge is -2.31. The van der Waals surface area contributed by atoms with E-state index in [9.17, 15) is 4.79 Å². The molecule has 5 heterocycles. The molecule has 7 rings (SSSR count). The molecule has 2 atom stereocenters. The number of fused-ring (bicyclic) bond motifs is 2. The lowest BCUT2D eigenvalue weighted by Crippen LogP contribution is -2.38. The van der Waals surface area contributed by atoms with Gasteiger partial charge in [-0.2, -0.15) is 0 Å². The SMILES string of the molecule is CC1CCC(Cn2c(N3CCOC4CC43)nc3cc(-c4noc(=O)[nH]4)nc(-c4cncc(Cl)c4)c32)CC1. The molecule has 0 aromatic carbocycles. The van der Waals surface area contributed by atoms with Crippen LogP contribution in [0.2, 0.25) is 5.02 Å². The van der Waals surface area contributed by atoms with E-state index in [2.05, 4.69) is 31.5 Å². The summed E-state index contributed by atoms with van der Waals surface area (Å²) in [5, 5.41) is 4.40. The van der Waals surface area contributed by atoms with E-state index in [-0.39, 0.29) is 11.9 Å². The molecule has 0 spiro atoms. The second kappa shape index (κ2) is 8.95. The normalized spacial score (nSPS) is 25.4. The average molecular weight is 522 g/mol. The van der Waals surface area contributed by atoms with Crippen molar-refractivity contribution < 1.29 is 9.26 Å². The Bertz CT molecular complexity index is 1520. The van der Waals surface area contributed by atoms with Crippen molar-refractivity contribution in [2.24, 2.45) is 11.8 Å². The van der Waals surface area contributed by atoms with Crippen molar-refractivity contribution in [1.82, 2.24) is 29.7 Å². The van der Waals surface area contributed by atoms with Crippen molar-refractivity contribution in [3.8, 4) is 22.8 Å². The van der Waals surface area contributed by atoms with Crippen LogP contribution in [0.25, 0.3) is 33.8 Å². The van der Waals surface area contributed by atoms with E-state index < -0.39 is 5.76 Å². The van der Waals surface area contributed by atoms with Crippen molar-refractivity contribution >= 4 is 28.6 Å². The summed E-state index contributed by atoms with van der Waals surface area (Å²) in [7, 11) is 0. The molecule has 1 aliphatic heterocycles. The molecular formula is C26H28ClN7O3. The number of morpholine rings is 1. The number of nitrogens with one attached hydrogen (secondary N) is 1. The molecule has 10 nitrogen and oxygen atoms in total. The van der Waals surface area contributed by atoms with Crippen LogP contribution in [0, 0.1) is 11.8 Å². The topological polar surface area (TPSA) is 115 Å². The Kier molecular flexibility index (Phi) is 5.54. The molecule has 3 aliphatic rings. The van der Waals surface area contributed by atoms with Crippen LogP contribution in [0.1, 0.15) is 39.0 Å². The van der Waals surface area contributed by atoms with Gasteiger partial charge in [0.15, 0.2) is 0 Å². The Morgan fingerprint density at radius 3 is 2.81 bits per heavy atom. The van der Waals surface area contributed by atoms with Gasteiger partial charge in [-0.25, -0.2) is 14.8 Å². The largest absolute Gasteiger partial charge is 0.439 e. The summed E-state index contributed by atoms with van der Waals surface area (Å²) in [4.78, 5) is 31.2. The molecule has 1 N–H and O–H groups in total. The zero-order chi connectivity index (χ0) is 25.1.